The Bertz CT molecular complexity index is 1360. The highest BCUT2D eigenvalue weighted by atomic mass is 16.5. The number of amides is 3. The van der Waals surface area contributed by atoms with Gasteiger partial charge in [-0.3, -0.25) is 9.59 Å². The van der Waals surface area contributed by atoms with Crippen LogP contribution in [-0.2, 0) is 19.1 Å². The number of anilines is 3. The molecule has 1 unspecified atom stereocenters. The summed E-state index contributed by atoms with van der Waals surface area (Å²) in [4.78, 5) is 68.8. The second-order valence-electron chi connectivity index (χ2n) is 12.0. The van der Waals surface area contributed by atoms with Crippen molar-refractivity contribution in [2.24, 2.45) is 5.41 Å². The molecule has 1 atom stereocenters. The predicted octanol–water partition coefficient (Wildman–Crippen LogP) is 4.55. The number of nitrogens with one attached hydrogen (secondary N) is 2. The second kappa shape index (κ2) is 13.3. The van der Waals surface area contributed by atoms with E-state index >= 15 is 0 Å². The molecule has 2 aromatic carbocycles. The molecule has 0 bridgehead atoms. The summed E-state index contributed by atoms with van der Waals surface area (Å²) in [5.74, 6) is -1.92. The van der Waals surface area contributed by atoms with Crippen molar-refractivity contribution in [2.45, 2.75) is 65.0 Å². The van der Waals surface area contributed by atoms with Crippen molar-refractivity contribution in [2.75, 3.05) is 42.4 Å². The van der Waals surface area contributed by atoms with Gasteiger partial charge in [-0.1, -0.05) is 52.2 Å². The van der Waals surface area contributed by atoms with Gasteiger partial charge in [0.25, 0.3) is 5.91 Å². The van der Waals surface area contributed by atoms with E-state index < -0.39 is 35.3 Å². The highest BCUT2D eigenvalue weighted by molar-refractivity contribution is 6.08. The van der Waals surface area contributed by atoms with Crippen molar-refractivity contribution < 1.29 is 33.4 Å². The van der Waals surface area contributed by atoms with Crippen LogP contribution in [0.5, 0.6) is 0 Å². The van der Waals surface area contributed by atoms with Crippen molar-refractivity contribution >= 4 is 46.7 Å². The Kier molecular flexibility index (Phi) is 9.73. The Balaban J connectivity index is 1.67. The number of urea groups is 1. The Morgan fingerprint density at radius 2 is 1.47 bits per heavy atom. The second-order valence-corrected chi connectivity index (χ2v) is 12.0. The third-order valence-corrected chi connectivity index (χ3v) is 7.92. The summed E-state index contributed by atoms with van der Waals surface area (Å²) >= 11 is 0. The summed E-state index contributed by atoms with van der Waals surface area (Å²) in [5, 5.41) is 5.44. The number of benzene rings is 2. The summed E-state index contributed by atoms with van der Waals surface area (Å²) in [6.07, 6.45) is 5.21. The lowest BCUT2D eigenvalue weighted by atomic mass is 9.90. The van der Waals surface area contributed by atoms with Gasteiger partial charge in [0.2, 0.25) is 0 Å². The van der Waals surface area contributed by atoms with E-state index in [9.17, 15) is 24.0 Å². The first-order valence-electron chi connectivity index (χ1n) is 14.5. The molecule has 3 amide bonds. The largest absolute Gasteiger partial charge is 0.465 e. The number of carbonyl (C=O) groups excluding carboxylic acids is 5. The number of esters is 2. The van der Waals surface area contributed by atoms with Gasteiger partial charge in [0.15, 0.2) is 5.78 Å². The van der Waals surface area contributed by atoms with E-state index in [1.807, 2.05) is 45.0 Å². The van der Waals surface area contributed by atoms with Gasteiger partial charge in [-0.25, -0.2) is 14.4 Å². The number of hydrogen-bond acceptors (Lipinski definition) is 8. The van der Waals surface area contributed by atoms with Crippen LogP contribution in [0.3, 0.4) is 0 Å². The lowest BCUT2D eigenvalue weighted by Crippen LogP contribution is -2.55. The molecule has 1 aliphatic carbocycles. The number of para-hydroxylation sites is 2. The minimum atomic E-state index is -0.994. The van der Waals surface area contributed by atoms with Crippen molar-refractivity contribution in [3.8, 4) is 0 Å². The first-order valence-corrected chi connectivity index (χ1v) is 14.5. The Morgan fingerprint density at radius 1 is 0.884 bits per heavy atom. The molecule has 230 valence electrons. The predicted molar refractivity (Wildman–Crippen MR) is 163 cm³/mol. The molecule has 0 aromatic heterocycles. The number of carbonyl (C=O) groups is 5. The third-order valence-electron chi connectivity index (χ3n) is 7.92. The zero-order valence-electron chi connectivity index (χ0n) is 25.4. The highest BCUT2D eigenvalue weighted by Gasteiger charge is 2.39. The van der Waals surface area contributed by atoms with E-state index in [0.717, 1.165) is 37.8 Å². The number of ether oxygens (including phenoxy) is 2. The number of hydrogen-bond donors (Lipinski definition) is 2. The molecule has 11 nitrogen and oxygen atoms in total. The highest BCUT2D eigenvalue weighted by Crippen LogP contribution is 2.37. The maximum atomic E-state index is 14.1. The van der Waals surface area contributed by atoms with Gasteiger partial charge in [-0.2, -0.15) is 0 Å². The van der Waals surface area contributed by atoms with Crippen LogP contribution >= 0.6 is 0 Å². The van der Waals surface area contributed by atoms with Gasteiger partial charge in [-0.05, 0) is 43.2 Å². The summed E-state index contributed by atoms with van der Waals surface area (Å²) in [7, 11) is 2.41. The van der Waals surface area contributed by atoms with Crippen molar-refractivity contribution in [1.82, 2.24) is 5.32 Å². The molecule has 11 heteroatoms. The molecule has 0 spiro atoms. The minimum absolute atomic E-state index is 0.0389. The number of Topliss-reactive ketones (excluding diaryl/α,β-unsaturated/α-hetero) is 1. The molecule has 43 heavy (non-hydrogen) atoms. The molecule has 0 radical (unpaired) electrons. The van der Waals surface area contributed by atoms with Crippen LogP contribution in [0.1, 0.15) is 73.6 Å². The molecular formula is C32H40N4O7. The Labute approximate surface area is 251 Å². The quantitative estimate of drug-likeness (QED) is 0.447. The lowest BCUT2D eigenvalue weighted by Gasteiger charge is -2.37. The van der Waals surface area contributed by atoms with E-state index in [0.29, 0.717) is 5.69 Å². The number of rotatable bonds is 7. The zero-order valence-corrected chi connectivity index (χ0v) is 25.4. The number of ketones is 1. The fourth-order valence-electron chi connectivity index (χ4n) is 5.50. The van der Waals surface area contributed by atoms with E-state index in [1.54, 1.807) is 0 Å². The van der Waals surface area contributed by atoms with Crippen LogP contribution in [0, 0.1) is 5.41 Å². The van der Waals surface area contributed by atoms with Crippen molar-refractivity contribution in [1.29, 1.82) is 0 Å². The molecular weight excluding hydrogens is 552 g/mol. The van der Waals surface area contributed by atoms with E-state index in [1.165, 1.54) is 37.3 Å². The monoisotopic (exact) mass is 592 g/mol. The van der Waals surface area contributed by atoms with Crippen LogP contribution in [0.15, 0.2) is 42.5 Å². The standard InChI is InChI=1S/C32H40N4O7/c1-32(2,3)27(37)19-36-26-14-10-9-13-25(26)35(23-11-7-6-8-12-23)18-24(28(36)38)34-31(41)33-22-16-20(29(39)42-4)15-21(17-22)30(40)43-5/h9-10,13-17,23-24H,6-8,11-12,18-19H2,1-5H3,(H2,33,34,41). The van der Waals surface area contributed by atoms with Gasteiger partial charge >= 0.3 is 18.0 Å². The fraction of sp³-hybridized carbons (Fsp3) is 0.469. The van der Waals surface area contributed by atoms with Gasteiger partial charge in [0.1, 0.15) is 6.04 Å². The van der Waals surface area contributed by atoms with E-state index in [2.05, 4.69) is 15.5 Å². The summed E-state index contributed by atoms with van der Waals surface area (Å²) in [6.45, 7) is 5.51. The average molecular weight is 593 g/mol. The molecule has 1 saturated carbocycles. The number of methoxy groups -OCH3 is 2. The van der Waals surface area contributed by atoms with Crippen molar-refractivity contribution in [3.05, 3.63) is 53.6 Å². The minimum Gasteiger partial charge on any atom is -0.465 e. The van der Waals surface area contributed by atoms with Crippen LogP contribution in [0.2, 0.25) is 0 Å². The Hall–Kier alpha value is -4.41. The van der Waals surface area contributed by atoms with Crippen LogP contribution in [-0.4, -0.2) is 69.1 Å². The molecule has 2 aromatic rings. The smallest absolute Gasteiger partial charge is 0.337 e. The maximum Gasteiger partial charge on any atom is 0.337 e. The van der Waals surface area contributed by atoms with E-state index in [-0.39, 0.29) is 41.7 Å². The average Bonchev–Trinajstić information content (AvgIpc) is 3.10. The SMILES string of the molecule is COC(=O)c1cc(NC(=O)NC2CN(C3CCCCC3)c3ccccc3N(CC(=O)C(C)(C)C)C2=O)cc(C(=O)OC)c1. The van der Waals surface area contributed by atoms with Crippen molar-refractivity contribution in [3.63, 3.8) is 0 Å². The van der Waals surface area contributed by atoms with E-state index in [4.69, 9.17) is 9.47 Å². The van der Waals surface area contributed by atoms with Gasteiger partial charge in [0.05, 0.1) is 43.3 Å². The number of fused-ring (bicyclic) bond motifs is 1. The number of nitrogens with zero attached hydrogens (tertiary/aromatic N) is 2. The van der Waals surface area contributed by atoms with Gasteiger partial charge in [0, 0.05) is 23.7 Å². The summed E-state index contributed by atoms with van der Waals surface area (Å²) < 4.78 is 9.56. The van der Waals surface area contributed by atoms with Crippen LogP contribution < -0.4 is 20.4 Å². The first-order chi connectivity index (χ1) is 20.4. The maximum absolute atomic E-state index is 14.1. The molecule has 4 rings (SSSR count). The summed E-state index contributed by atoms with van der Waals surface area (Å²) in [5.41, 5.74) is 1.02. The van der Waals surface area contributed by atoms with Gasteiger partial charge < -0.3 is 29.9 Å². The third kappa shape index (κ3) is 7.33. The lowest BCUT2D eigenvalue weighted by molar-refractivity contribution is -0.127. The first kappa shape index (κ1) is 31.5. The molecule has 2 aliphatic rings. The molecule has 2 N–H and O–H groups in total. The fourth-order valence-corrected chi connectivity index (χ4v) is 5.50. The molecule has 1 fully saturated rings. The van der Waals surface area contributed by atoms with Crippen LogP contribution in [0.25, 0.3) is 0 Å². The van der Waals surface area contributed by atoms with Gasteiger partial charge in [-0.15, -0.1) is 0 Å². The molecule has 0 saturated heterocycles. The Morgan fingerprint density at radius 3 is 2.02 bits per heavy atom. The van der Waals surface area contributed by atoms with Crippen LogP contribution in [0.4, 0.5) is 21.9 Å². The molecule has 1 aliphatic heterocycles. The summed E-state index contributed by atoms with van der Waals surface area (Å²) in [6, 6.07) is 10.1. The normalized spacial score (nSPS) is 17.4. The molecule has 1 heterocycles. The zero-order chi connectivity index (χ0) is 31.3. The topological polar surface area (TPSA) is 134 Å².